The SMILES string of the molecule is CC(NC(=O)CCCc1c[nH]c2ccccc12)c1ccccc1F. The Bertz CT molecular complexity index is 840. The zero-order valence-electron chi connectivity index (χ0n) is 13.7. The van der Waals surface area contributed by atoms with E-state index in [1.807, 2.05) is 24.4 Å². The maximum Gasteiger partial charge on any atom is 0.220 e. The molecule has 3 rings (SSSR count). The van der Waals surface area contributed by atoms with Gasteiger partial charge in [0.1, 0.15) is 5.82 Å². The number of amides is 1. The van der Waals surface area contributed by atoms with Gasteiger partial charge in [-0.2, -0.15) is 0 Å². The molecule has 2 aromatic carbocycles. The molecule has 0 bridgehead atoms. The number of benzene rings is 2. The number of H-pyrrole nitrogens is 1. The van der Waals surface area contributed by atoms with Crippen LogP contribution in [0.25, 0.3) is 10.9 Å². The van der Waals surface area contributed by atoms with Crippen LogP contribution >= 0.6 is 0 Å². The van der Waals surface area contributed by atoms with Crippen LogP contribution in [-0.4, -0.2) is 10.9 Å². The summed E-state index contributed by atoms with van der Waals surface area (Å²) in [4.78, 5) is 15.3. The number of fused-ring (bicyclic) bond motifs is 1. The minimum atomic E-state index is -0.327. The summed E-state index contributed by atoms with van der Waals surface area (Å²) in [5.74, 6) is -0.338. The fraction of sp³-hybridized carbons (Fsp3) is 0.250. The van der Waals surface area contributed by atoms with Gasteiger partial charge in [-0.1, -0.05) is 36.4 Å². The Kier molecular flexibility index (Phi) is 4.94. The molecule has 0 fully saturated rings. The van der Waals surface area contributed by atoms with Crippen LogP contribution < -0.4 is 5.32 Å². The quantitative estimate of drug-likeness (QED) is 0.688. The highest BCUT2D eigenvalue weighted by molar-refractivity contribution is 5.83. The molecule has 0 aliphatic rings. The highest BCUT2D eigenvalue weighted by Crippen LogP contribution is 2.20. The minimum absolute atomic E-state index is 0.0504. The van der Waals surface area contributed by atoms with E-state index in [9.17, 15) is 9.18 Å². The van der Waals surface area contributed by atoms with Crippen LogP contribution in [0.2, 0.25) is 0 Å². The predicted octanol–water partition coefficient (Wildman–Crippen LogP) is 4.51. The molecule has 1 atom stereocenters. The monoisotopic (exact) mass is 324 g/mol. The van der Waals surface area contributed by atoms with Crippen molar-refractivity contribution in [3.8, 4) is 0 Å². The van der Waals surface area contributed by atoms with E-state index in [0.717, 1.165) is 18.4 Å². The van der Waals surface area contributed by atoms with E-state index in [1.54, 1.807) is 25.1 Å². The lowest BCUT2D eigenvalue weighted by molar-refractivity contribution is -0.121. The molecule has 1 amide bonds. The van der Waals surface area contributed by atoms with Gasteiger partial charge < -0.3 is 10.3 Å². The van der Waals surface area contributed by atoms with Gasteiger partial charge in [0, 0.05) is 29.1 Å². The van der Waals surface area contributed by atoms with E-state index in [-0.39, 0.29) is 17.8 Å². The van der Waals surface area contributed by atoms with Crippen LogP contribution in [0.1, 0.15) is 36.9 Å². The third-order valence-corrected chi connectivity index (χ3v) is 4.27. The van der Waals surface area contributed by atoms with Crippen molar-refractivity contribution >= 4 is 16.8 Å². The predicted molar refractivity (Wildman–Crippen MR) is 94.2 cm³/mol. The second-order valence-electron chi connectivity index (χ2n) is 6.02. The largest absolute Gasteiger partial charge is 0.361 e. The Labute approximate surface area is 140 Å². The number of aromatic amines is 1. The summed E-state index contributed by atoms with van der Waals surface area (Å²) < 4.78 is 13.7. The maximum absolute atomic E-state index is 13.7. The average Bonchev–Trinajstić information content (AvgIpc) is 2.98. The summed E-state index contributed by atoms with van der Waals surface area (Å²) in [5, 5.41) is 4.07. The van der Waals surface area contributed by atoms with Crippen molar-refractivity contribution in [2.75, 3.05) is 0 Å². The normalized spacial score (nSPS) is 12.2. The molecule has 1 heterocycles. The molecular formula is C20H21FN2O. The molecule has 1 aromatic heterocycles. The molecule has 124 valence electrons. The molecule has 0 saturated heterocycles. The molecule has 0 spiro atoms. The number of nitrogens with one attached hydrogen (secondary N) is 2. The van der Waals surface area contributed by atoms with Gasteiger partial charge in [-0.25, -0.2) is 4.39 Å². The summed E-state index contributed by atoms with van der Waals surface area (Å²) >= 11 is 0. The minimum Gasteiger partial charge on any atom is -0.361 e. The van der Waals surface area contributed by atoms with Crippen molar-refractivity contribution in [1.29, 1.82) is 0 Å². The van der Waals surface area contributed by atoms with Crippen molar-refractivity contribution in [2.24, 2.45) is 0 Å². The summed E-state index contributed by atoms with van der Waals surface area (Å²) in [7, 11) is 0. The van der Waals surface area contributed by atoms with Gasteiger partial charge in [-0.3, -0.25) is 4.79 Å². The third-order valence-electron chi connectivity index (χ3n) is 4.27. The van der Waals surface area contributed by atoms with Crippen LogP contribution in [0.5, 0.6) is 0 Å². The molecular weight excluding hydrogens is 303 g/mol. The van der Waals surface area contributed by atoms with E-state index in [2.05, 4.69) is 16.4 Å². The zero-order chi connectivity index (χ0) is 16.9. The van der Waals surface area contributed by atoms with Crippen molar-refractivity contribution in [2.45, 2.75) is 32.2 Å². The Morgan fingerprint density at radius 1 is 1.17 bits per heavy atom. The third kappa shape index (κ3) is 3.65. The van der Waals surface area contributed by atoms with E-state index in [4.69, 9.17) is 0 Å². The summed E-state index contributed by atoms with van der Waals surface area (Å²) in [6.45, 7) is 1.80. The molecule has 24 heavy (non-hydrogen) atoms. The highest BCUT2D eigenvalue weighted by atomic mass is 19.1. The molecule has 0 saturated carbocycles. The van der Waals surface area contributed by atoms with Gasteiger partial charge >= 0.3 is 0 Å². The van der Waals surface area contributed by atoms with Gasteiger partial charge in [-0.05, 0) is 37.5 Å². The molecule has 1 unspecified atom stereocenters. The van der Waals surface area contributed by atoms with Gasteiger partial charge in [0.05, 0.1) is 6.04 Å². The Hall–Kier alpha value is -2.62. The number of carbonyl (C=O) groups excluding carboxylic acids is 1. The molecule has 2 N–H and O–H groups in total. The van der Waals surface area contributed by atoms with Crippen LogP contribution in [0, 0.1) is 5.82 Å². The molecule has 0 aliphatic carbocycles. The second-order valence-corrected chi connectivity index (χ2v) is 6.02. The number of para-hydroxylation sites is 1. The van der Waals surface area contributed by atoms with Gasteiger partial charge in [0.15, 0.2) is 0 Å². The highest BCUT2D eigenvalue weighted by Gasteiger charge is 2.13. The lowest BCUT2D eigenvalue weighted by Gasteiger charge is -2.15. The lowest BCUT2D eigenvalue weighted by Crippen LogP contribution is -2.27. The molecule has 0 radical (unpaired) electrons. The maximum atomic E-state index is 13.7. The second kappa shape index (κ2) is 7.30. The van der Waals surface area contributed by atoms with E-state index in [1.165, 1.54) is 17.0 Å². The van der Waals surface area contributed by atoms with Crippen molar-refractivity contribution in [3.05, 3.63) is 71.7 Å². The molecule has 4 heteroatoms. The average molecular weight is 324 g/mol. The van der Waals surface area contributed by atoms with Crippen molar-refractivity contribution < 1.29 is 9.18 Å². The first-order valence-electron chi connectivity index (χ1n) is 8.24. The first-order valence-corrected chi connectivity index (χ1v) is 8.24. The first kappa shape index (κ1) is 16.2. The van der Waals surface area contributed by atoms with E-state index < -0.39 is 0 Å². The number of aromatic nitrogens is 1. The fourth-order valence-electron chi connectivity index (χ4n) is 3.00. The number of carbonyl (C=O) groups is 1. The van der Waals surface area contributed by atoms with Crippen LogP contribution in [0.3, 0.4) is 0 Å². The standard InChI is InChI=1S/C20H21FN2O/c1-14(16-8-2-4-10-18(16)21)23-20(24)12-6-7-15-13-22-19-11-5-3-9-17(15)19/h2-5,8-11,13-14,22H,6-7,12H2,1H3,(H,23,24). The number of hydrogen-bond acceptors (Lipinski definition) is 1. The number of hydrogen-bond donors (Lipinski definition) is 2. The van der Waals surface area contributed by atoms with Crippen LogP contribution in [-0.2, 0) is 11.2 Å². The molecule has 3 nitrogen and oxygen atoms in total. The first-order chi connectivity index (χ1) is 11.6. The Balaban J connectivity index is 1.52. The Morgan fingerprint density at radius 3 is 2.75 bits per heavy atom. The molecule has 0 aliphatic heterocycles. The Morgan fingerprint density at radius 2 is 1.92 bits per heavy atom. The van der Waals surface area contributed by atoms with E-state index in [0.29, 0.717) is 12.0 Å². The van der Waals surface area contributed by atoms with Crippen LogP contribution in [0.15, 0.2) is 54.7 Å². The number of halogens is 1. The number of aryl methyl sites for hydroxylation is 1. The smallest absolute Gasteiger partial charge is 0.220 e. The zero-order valence-corrected chi connectivity index (χ0v) is 13.7. The van der Waals surface area contributed by atoms with Gasteiger partial charge in [0.2, 0.25) is 5.91 Å². The number of rotatable bonds is 6. The van der Waals surface area contributed by atoms with E-state index >= 15 is 0 Å². The summed E-state index contributed by atoms with van der Waals surface area (Å²) in [5.41, 5.74) is 2.85. The van der Waals surface area contributed by atoms with Crippen LogP contribution in [0.4, 0.5) is 4.39 Å². The van der Waals surface area contributed by atoms with Gasteiger partial charge in [-0.15, -0.1) is 0 Å². The summed E-state index contributed by atoms with van der Waals surface area (Å²) in [6, 6.07) is 14.4. The summed E-state index contributed by atoms with van der Waals surface area (Å²) in [6.07, 6.45) is 4.03. The topological polar surface area (TPSA) is 44.9 Å². The van der Waals surface area contributed by atoms with Crippen molar-refractivity contribution in [1.82, 2.24) is 10.3 Å². The molecule has 3 aromatic rings. The van der Waals surface area contributed by atoms with Crippen molar-refractivity contribution in [3.63, 3.8) is 0 Å². The van der Waals surface area contributed by atoms with Gasteiger partial charge in [0.25, 0.3) is 0 Å². The lowest BCUT2D eigenvalue weighted by atomic mass is 10.1. The fourth-order valence-corrected chi connectivity index (χ4v) is 3.00.